The van der Waals surface area contributed by atoms with Crippen LogP contribution < -0.4 is 5.32 Å². The molecule has 1 N–H and O–H groups in total. The first-order valence-electron chi connectivity index (χ1n) is 4.80. The number of nitrogens with one attached hydrogen (secondary N) is 1. The Morgan fingerprint density at radius 3 is 2.73 bits per heavy atom. The highest BCUT2D eigenvalue weighted by Crippen LogP contribution is 2.17. The van der Waals surface area contributed by atoms with Gasteiger partial charge in [-0.3, -0.25) is 4.68 Å². The predicted octanol–water partition coefficient (Wildman–Crippen LogP) is 2.11. The summed E-state index contributed by atoms with van der Waals surface area (Å²) in [5.41, 5.74) is 2.40. The van der Waals surface area contributed by atoms with Gasteiger partial charge in [0.1, 0.15) is 0 Å². The lowest BCUT2D eigenvalue weighted by atomic mass is 10.2. The zero-order valence-electron chi connectivity index (χ0n) is 9.11. The molecule has 0 radical (unpaired) electrons. The van der Waals surface area contributed by atoms with E-state index in [4.69, 9.17) is 0 Å². The van der Waals surface area contributed by atoms with E-state index in [1.54, 1.807) is 11.3 Å². The Morgan fingerprint density at radius 2 is 2.20 bits per heavy atom. The Balaban J connectivity index is 2.02. The van der Waals surface area contributed by atoms with Gasteiger partial charge in [-0.25, -0.2) is 4.98 Å². The van der Waals surface area contributed by atoms with Crippen LogP contribution in [0.2, 0.25) is 0 Å². The standard InChI is InChI=1S/C10H14N4S/c1-7-4-11-10(15-7)12-5-9-6-13-14(3)8(9)2/h4,6H,5H2,1-3H3,(H,11,12). The van der Waals surface area contributed by atoms with E-state index in [9.17, 15) is 0 Å². The van der Waals surface area contributed by atoms with Crippen molar-refractivity contribution in [2.45, 2.75) is 20.4 Å². The van der Waals surface area contributed by atoms with Crippen molar-refractivity contribution in [1.29, 1.82) is 0 Å². The molecule has 2 rings (SSSR count). The molecule has 0 saturated carbocycles. The summed E-state index contributed by atoms with van der Waals surface area (Å²) < 4.78 is 1.88. The third-order valence-corrected chi connectivity index (χ3v) is 3.26. The maximum Gasteiger partial charge on any atom is 0.183 e. The van der Waals surface area contributed by atoms with E-state index >= 15 is 0 Å². The predicted molar refractivity (Wildman–Crippen MR) is 62.1 cm³/mol. The molecule has 0 bridgehead atoms. The fourth-order valence-corrected chi connectivity index (χ4v) is 1.99. The van der Waals surface area contributed by atoms with E-state index in [0.29, 0.717) is 0 Å². The maximum atomic E-state index is 4.25. The number of hydrogen-bond donors (Lipinski definition) is 1. The van der Waals surface area contributed by atoms with Gasteiger partial charge in [0.15, 0.2) is 5.13 Å². The van der Waals surface area contributed by atoms with Gasteiger partial charge in [-0.15, -0.1) is 11.3 Å². The molecule has 0 spiro atoms. The van der Waals surface area contributed by atoms with Crippen molar-refractivity contribution < 1.29 is 0 Å². The minimum Gasteiger partial charge on any atom is -0.357 e. The molecule has 5 heteroatoms. The number of thiazole rings is 1. The molecule has 80 valence electrons. The lowest BCUT2D eigenvalue weighted by Crippen LogP contribution is -2.00. The van der Waals surface area contributed by atoms with Crippen LogP contribution in [0, 0.1) is 13.8 Å². The SMILES string of the molecule is Cc1cnc(NCc2cnn(C)c2C)s1. The van der Waals surface area contributed by atoms with Gasteiger partial charge in [-0.1, -0.05) is 0 Å². The van der Waals surface area contributed by atoms with E-state index in [-0.39, 0.29) is 0 Å². The number of aromatic nitrogens is 3. The molecular formula is C10H14N4S. The van der Waals surface area contributed by atoms with Crippen LogP contribution in [-0.2, 0) is 13.6 Å². The summed E-state index contributed by atoms with van der Waals surface area (Å²) in [6, 6.07) is 0. The van der Waals surface area contributed by atoms with Crippen LogP contribution in [0.25, 0.3) is 0 Å². The average molecular weight is 222 g/mol. The van der Waals surface area contributed by atoms with Crippen LogP contribution >= 0.6 is 11.3 Å². The van der Waals surface area contributed by atoms with Crippen LogP contribution in [0.1, 0.15) is 16.1 Å². The van der Waals surface area contributed by atoms with Gasteiger partial charge in [0.2, 0.25) is 0 Å². The van der Waals surface area contributed by atoms with Crippen LogP contribution in [0.4, 0.5) is 5.13 Å². The largest absolute Gasteiger partial charge is 0.357 e. The highest BCUT2D eigenvalue weighted by atomic mass is 32.1. The number of anilines is 1. The van der Waals surface area contributed by atoms with Crippen molar-refractivity contribution in [3.8, 4) is 0 Å². The number of nitrogens with zero attached hydrogens (tertiary/aromatic N) is 3. The number of aryl methyl sites for hydroxylation is 2. The van der Waals surface area contributed by atoms with Crippen molar-refractivity contribution >= 4 is 16.5 Å². The number of rotatable bonds is 3. The highest BCUT2D eigenvalue weighted by Gasteiger charge is 2.04. The molecule has 0 saturated heterocycles. The van der Waals surface area contributed by atoms with E-state index in [0.717, 1.165) is 11.7 Å². The molecule has 2 aromatic rings. The molecule has 0 unspecified atom stereocenters. The van der Waals surface area contributed by atoms with E-state index in [1.165, 1.54) is 16.1 Å². The summed E-state index contributed by atoms with van der Waals surface area (Å²) in [5.74, 6) is 0. The van der Waals surface area contributed by atoms with Gasteiger partial charge in [0, 0.05) is 35.9 Å². The summed E-state index contributed by atoms with van der Waals surface area (Å²) in [6.45, 7) is 4.90. The van der Waals surface area contributed by atoms with Crippen molar-refractivity contribution in [3.05, 3.63) is 28.5 Å². The van der Waals surface area contributed by atoms with E-state index in [2.05, 4.69) is 29.2 Å². The summed E-state index contributed by atoms with van der Waals surface area (Å²) in [7, 11) is 1.95. The van der Waals surface area contributed by atoms with Crippen molar-refractivity contribution in [1.82, 2.24) is 14.8 Å². The van der Waals surface area contributed by atoms with Crippen LogP contribution in [0.3, 0.4) is 0 Å². The molecule has 0 atom stereocenters. The zero-order valence-corrected chi connectivity index (χ0v) is 9.93. The van der Waals surface area contributed by atoms with Crippen molar-refractivity contribution in [2.75, 3.05) is 5.32 Å². The fraction of sp³-hybridized carbons (Fsp3) is 0.400. The Labute approximate surface area is 93.0 Å². The Kier molecular flexibility index (Phi) is 2.73. The van der Waals surface area contributed by atoms with Gasteiger partial charge in [-0.2, -0.15) is 5.10 Å². The van der Waals surface area contributed by atoms with E-state index in [1.807, 2.05) is 24.1 Å². The molecule has 2 heterocycles. The molecule has 0 fully saturated rings. The highest BCUT2D eigenvalue weighted by molar-refractivity contribution is 7.15. The molecule has 0 amide bonds. The molecular weight excluding hydrogens is 208 g/mol. The topological polar surface area (TPSA) is 42.7 Å². The first-order chi connectivity index (χ1) is 7.16. The first kappa shape index (κ1) is 10.2. The molecule has 0 aliphatic rings. The average Bonchev–Trinajstić information content (AvgIpc) is 2.74. The Hall–Kier alpha value is -1.36. The zero-order chi connectivity index (χ0) is 10.8. The summed E-state index contributed by atoms with van der Waals surface area (Å²) >= 11 is 1.67. The fourth-order valence-electron chi connectivity index (χ4n) is 1.32. The van der Waals surface area contributed by atoms with Gasteiger partial charge in [0.05, 0.1) is 6.20 Å². The van der Waals surface area contributed by atoms with Crippen molar-refractivity contribution in [2.24, 2.45) is 7.05 Å². The Bertz CT molecular complexity index is 458. The number of hydrogen-bond acceptors (Lipinski definition) is 4. The van der Waals surface area contributed by atoms with Crippen LogP contribution in [-0.4, -0.2) is 14.8 Å². The van der Waals surface area contributed by atoms with Crippen molar-refractivity contribution in [3.63, 3.8) is 0 Å². The second-order valence-electron chi connectivity index (χ2n) is 3.51. The first-order valence-corrected chi connectivity index (χ1v) is 5.62. The summed E-state index contributed by atoms with van der Waals surface area (Å²) in [5, 5.41) is 8.45. The minimum atomic E-state index is 0.784. The van der Waals surface area contributed by atoms with Crippen LogP contribution in [0.15, 0.2) is 12.4 Å². The second-order valence-corrected chi connectivity index (χ2v) is 4.74. The maximum absolute atomic E-state index is 4.25. The molecule has 0 aliphatic carbocycles. The lowest BCUT2D eigenvalue weighted by molar-refractivity contribution is 0.738. The molecule has 15 heavy (non-hydrogen) atoms. The lowest BCUT2D eigenvalue weighted by Gasteiger charge is -2.01. The molecule has 0 aromatic carbocycles. The smallest absolute Gasteiger partial charge is 0.183 e. The minimum absolute atomic E-state index is 0.784. The van der Waals surface area contributed by atoms with Gasteiger partial charge < -0.3 is 5.32 Å². The molecule has 0 aliphatic heterocycles. The molecule has 2 aromatic heterocycles. The monoisotopic (exact) mass is 222 g/mol. The second kappa shape index (κ2) is 4.02. The molecule has 4 nitrogen and oxygen atoms in total. The quantitative estimate of drug-likeness (QED) is 0.865. The van der Waals surface area contributed by atoms with Gasteiger partial charge in [-0.05, 0) is 13.8 Å². The van der Waals surface area contributed by atoms with E-state index < -0.39 is 0 Å². The normalized spacial score (nSPS) is 10.6. The van der Waals surface area contributed by atoms with Gasteiger partial charge in [0.25, 0.3) is 0 Å². The third kappa shape index (κ3) is 2.18. The Morgan fingerprint density at radius 1 is 1.40 bits per heavy atom. The van der Waals surface area contributed by atoms with Gasteiger partial charge >= 0.3 is 0 Å². The summed E-state index contributed by atoms with van der Waals surface area (Å²) in [6.07, 6.45) is 3.77. The summed E-state index contributed by atoms with van der Waals surface area (Å²) in [4.78, 5) is 5.47. The van der Waals surface area contributed by atoms with Crippen LogP contribution in [0.5, 0.6) is 0 Å². The third-order valence-electron chi connectivity index (χ3n) is 2.39.